The van der Waals surface area contributed by atoms with E-state index in [1.165, 1.54) is 6.26 Å². The molecule has 1 aromatic heterocycles. The molecule has 1 aromatic carbocycles. The topological polar surface area (TPSA) is 84.2 Å². The number of hydrogen-bond donors (Lipinski definition) is 0. The Labute approximate surface area is 169 Å². The standard InChI is InChI=1S/C19H24ClO7P/c1-3-25-28(22,26-4-2)19(17-7-5-14-24-17)27-18(21)8-6-13-23-16-11-9-15(20)10-12-16/h5,7,9-12,14,19H,3-4,6,8,13H2,1-2H3. The first-order valence-electron chi connectivity index (χ1n) is 8.98. The lowest BCUT2D eigenvalue weighted by atomic mass is 10.3. The van der Waals surface area contributed by atoms with Gasteiger partial charge in [-0.25, -0.2) is 0 Å². The summed E-state index contributed by atoms with van der Waals surface area (Å²) in [6.45, 7) is 3.96. The van der Waals surface area contributed by atoms with Crippen molar-refractivity contribution in [2.45, 2.75) is 32.5 Å². The first-order chi connectivity index (χ1) is 13.5. The summed E-state index contributed by atoms with van der Waals surface area (Å²) in [5.74, 6) is -0.952. The predicted molar refractivity (Wildman–Crippen MR) is 105 cm³/mol. The summed E-state index contributed by atoms with van der Waals surface area (Å²) in [6.07, 6.45) is 1.89. The van der Waals surface area contributed by atoms with Gasteiger partial charge in [0.25, 0.3) is 5.85 Å². The average Bonchev–Trinajstić information content (AvgIpc) is 3.19. The summed E-state index contributed by atoms with van der Waals surface area (Å²) in [6, 6.07) is 10.1. The van der Waals surface area contributed by atoms with Gasteiger partial charge in [-0.2, -0.15) is 0 Å². The van der Waals surface area contributed by atoms with Crippen LogP contribution in [-0.2, 0) is 23.1 Å². The van der Waals surface area contributed by atoms with Crippen molar-refractivity contribution < 1.29 is 32.3 Å². The first-order valence-corrected chi connectivity index (χ1v) is 11.0. The van der Waals surface area contributed by atoms with Crippen LogP contribution >= 0.6 is 19.2 Å². The zero-order valence-electron chi connectivity index (χ0n) is 15.8. The van der Waals surface area contributed by atoms with Gasteiger partial charge in [-0.15, -0.1) is 0 Å². The third kappa shape index (κ3) is 6.67. The molecule has 0 aliphatic rings. The van der Waals surface area contributed by atoms with Crippen molar-refractivity contribution >= 4 is 25.2 Å². The van der Waals surface area contributed by atoms with Crippen molar-refractivity contribution in [3.63, 3.8) is 0 Å². The van der Waals surface area contributed by atoms with Crippen LogP contribution in [-0.4, -0.2) is 25.8 Å². The molecule has 9 heteroatoms. The summed E-state index contributed by atoms with van der Waals surface area (Å²) in [7, 11) is -3.74. The normalized spacial score (nSPS) is 12.5. The number of benzene rings is 1. The van der Waals surface area contributed by atoms with Crippen molar-refractivity contribution in [3.8, 4) is 5.75 Å². The second kappa shape index (κ2) is 11.3. The lowest BCUT2D eigenvalue weighted by Gasteiger charge is -2.24. The Bertz CT molecular complexity index is 751. The fourth-order valence-electron chi connectivity index (χ4n) is 2.36. The molecule has 1 heterocycles. The second-order valence-electron chi connectivity index (χ2n) is 5.64. The zero-order chi connectivity index (χ0) is 20.4. The number of rotatable bonds is 12. The highest BCUT2D eigenvalue weighted by atomic mass is 35.5. The summed E-state index contributed by atoms with van der Waals surface area (Å²) in [5.41, 5.74) is 0. The minimum atomic E-state index is -3.74. The lowest BCUT2D eigenvalue weighted by molar-refractivity contribution is -0.147. The second-order valence-corrected chi connectivity index (χ2v) is 8.14. The maximum absolute atomic E-state index is 13.1. The van der Waals surface area contributed by atoms with E-state index in [-0.39, 0.29) is 25.4 Å². The van der Waals surface area contributed by atoms with Gasteiger partial charge in [-0.05, 0) is 56.7 Å². The smallest absolute Gasteiger partial charge is 0.378 e. The van der Waals surface area contributed by atoms with Gasteiger partial charge in [0.15, 0.2) is 5.76 Å². The minimum Gasteiger partial charge on any atom is -0.494 e. The van der Waals surface area contributed by atoms with Crippen LogP contribution in [0.25, 0.3) is 0 Å². The molecule has 2 rings (SSSR count). The molecular weight excluding hydrogens is 407 g/mol. The molecule has 0 saturated heterocycles. The highest BCUT2D eigenvalue weighted by Crippen LogP contribution is 2.61. The van der Waals surface area contributed by atoms with Gasteiger partial charge in [-0.3, -0.25) is 9.36 Å². The van der Waals surface area contributed by atoms with E-state index in [4.69, 9.17) is 34.5 Å². The maximum atomic E-state index is 13.1. The Balaban J connectivity index is 1.93. The minimum absolute atomic E-state index is 0.0725. The number of esters is 1. The Morgan fingerprint density at radius 3 is 2.39 bits per heavy atom. The van der Waals surface area contributed by atoms with Crippen LogP contribution in [0.3, 0.4) is 0 Å². The van der Waals surface area contributed by atoms with E-state index in [0.717, 1.165) is 0 Å². The number of hydrogen-bond acceptors (Lipinski definition) is 7. The van der Waals surface area contributed by atoms with Crippen molar-refractivity contribution in [3.05, 3.63) is 53.4 Å². The Morgan fingerprint density at radius 1 is 1.14 bits per heavy atom. The van der Waals surface area contributed by atoms with Gasteiger partial charge in [0, 0.05) is 11.4 Å². The molecule has 28 heavy (non-hydrogen) atoms. The molecule has 1 unspecified atom stereocenters. The zero-order valence-corrected chi connectivity index (χ0v) is 17.5. The van der Waals surface area contributed by atoms with Gasteiger partial charge < -0.3 is 22.9 Å². The molecule has 0 saturated carbocycles. The number of furan rings is 1. The van der Waals surface area contributed by atoms with E-state index >= 15 is 0 Å². The van der Waals surface area contributed by atoms with Gasteiger partial charge in [0.1, 0.15) is 5.75 Å². The Kier molecular flexibility index (Phi) is 9.06. The predicted octanol–water partition coefficient (Wildman–Crippen LogP) is 5.60. The monoisotopic (exact) mass is 430 g/mol. The van der Waals surface area contributed by atoms with Gasteiger partial charge in [-0.1, -0.05) is 11.6 Å². The maximum Gasteiger partial charge on any atom is 0.378 e. The van der Waals surface area contributed by atoms with E-state index in [1.807, 2.05) is 0 Å². The highest BCUT2D eigenvalue weighted by molar-refractivity contribution is 7.54. The summed E-state index contributed by atoms with van der Waals surface area (Å²) >= 11 is 5.82. The quantitative estimate of drug-likeness (QED) is 0.246. The fourth-order valence-corrected chi connectivity index (χ4v) is 4.26. The lowest BCUT2D eigenvalue weighted by Crippen LogP contribution is -2.15. The van der Waals surface area contributed by atoms with Gasteiger partial charge >= 0.3 is 13.6 Å². The molecule has 0 amide bonds. The Morgan fingerprint density at radius 2 is 1.82 bits per heavy atom. The van der Waals surface area contributed by atoms with E-state index in [1.54, 1.807) is 50.2 Å². The molecule has 7 nitrogen and oxygen atoms in total. The molecule has 0 bridgehead atoms. The molecule has 1 atom stereocenters. The number of carbonyl (C=O) groups is 1. The highest BCUT2D eigenvalue weighted by Gasteiger charge is 2.42. The van der Waals surface area contributed by atoms with Crippen LogP contribution in [0.15, 0.2) is 47.1 Å². The van der Waals surface area contributed by atoms with Crippen LogP contribution < -0.4 is 4.74 Å². The van der Waals surface area contributed by atoms with E-state index in [9.17, 15) is 9.36 Å². The van der Waals surface area contributed by atoms with Crippen molar-refractivity contribution in [2.75, 3.05) is 19.8 Å². The average molecular weight is 431 g/mol. The Hall–Kier alpha value is -1.79. The number of ether oxygens (including phenoxy) is 2. The van der Waals surface area contributed by atoms with Gasteiger partial charge in [0.05, 0.1) is 26.1 Å². The molecule has 0 aliphatic heterocycles. The molecular formula is C19H24ClO7P. The van der Waals surface area contributed by atoms with Crippen molar-refractivity contribution in [1.29, 1.82) is 0 Å². The van der Waals surface area contributed by atoms with Crippen LogP contribution in [0.1, 0.15) is 38.3 Å². The molecule has 154 valence electrons. The molecule has 0 spiro atoms. The molecule has 2 aromatic rings. The van der Waals surface area contributed by atoms with Crippen LogP contribution in [0.5, 0.6) is 5.75 Å². The molecule has 0 N–H and O–H groups in total. The third-order valence-corrected chi connectivity index (χ3v) is 5.97. The molecule has 0 fully saturated rings. The third-order valence-electron chi connectivity index (χ3n) is 3.54. The van der Waals surface area contributed by atoms with Gasteiger partial charge in [0.2, 0.25) is 0 Å². The van der Waals surface area contributed by atoms with E-state index in [2.05, 4.69) is 0 Å². The van der Waals surface area contributed by atoms with Crippen LogP contribution in [0.4, 0.5) is 0 Å². The van der Waals surface area contributed by atoms with Crippen molar-refractivity contribution in [1.82, 2.24) is 0 Å². The number of carbonyl (C=O) groups excluding carboxylic acids is 1. The van der Waals surface area contributed by atoms with Crippen LogP contribution in [0.2, 0.25) is 5.02 Å². The van der Waals surface area contributed by atoms with Crippen LogP contribution in [0, 0.1) is 0 Å². The molecule has 0 radical (unpaired) electrons. The van der Waals surface area contributed by atoms with Crippen molar-refractivity contribution in [2.24, 2.45) is 0 Å². The molecule has 0 aliphatic carbocycles. The first kappa shape index (κ1) is 22.5. The summed E-state index contributed by atoms with van der Waals surface area (Å²) in [5, 5.41) is 0.618. The van der Waals surface area contributed by atoms with E-state index < -0.39 is 19.4 Å². The largest absolute Gasteiger partial charge is 0.494 e. The van der Waals surface area contributed by atoms with E-state index in [0.29, 0.717) is 23.8 Å². The number of halogens is 1. The fraction of sp³-hybridized carbons (Fsp3) is 0.421. The SMILES string of the molecule is CCOP(=O)(OCC)C(OC(=O)CCCOc1ccc(Cl)cc1)c1ccco1. The summed E-state index contributed by atoms with van der Waals surface area (Å²) < 4.78 is 39.9. The summed E-state index contributed by atoms with van der Waals surface area (Å²) in [4.78, 5) is 12.3.